The van der Waals surface area contributed by atoms with Gasteiger partial charge in [0, 0.05) is 24.7 Å². The van der Waals surface area contributed by atoms with Gasteiger partial charge in [-0.15, -0.1) is 0 Å². The Morgan fingerprint density at radius 3 is 2.88 bits per heavy atom. The molecule has 0 fully saturated rings. The second-order valence-electron chi connectivity index (χ2n) is 3.93. The molecule has 1 atom stereocenters. The first-order valence-corrected chi connectivity index (χ1v) is 6.21. The second-order valence-corrected chi connectivity index (χ2v) is 4.37. The third-order valence-electron chi connectivity index (χ3n) is 2.50. The summed E-state index contributed by atoms with van der Waals surface area (Å²) in [7, 11) is 0. The fourth-order valence-electron chi connectivity index (χ4n) is 1.61. The van der Waals surface area contributed by atoms with Crippen molar-refractivity contribution in [1.29, 1.82) is 0 Å². The lowest BCUT2D eigenvalue weighted by Crippen LogP contribution is -2.12. The third kappa shape index (κ3) is 5.48. The van der Waals surface area contributed by atoms with E-state index in [-0.39, 0.29) is 5.82 Å². The van der Waals surface area contributed by atoms with Gasteiger partial charge in [0.15, 0.2) is 0 Å². The number of aliphatic hydroxyl groups is 1. The standard InChI is InChI=1S/C13H18ClFO2/c1-2-17-7-3-4-12(16)8-10-5-6-11(14)9-13(10)15/h5-6,9,12,16H,2-4,7-8H2,1H3. The van der Waals surface area contributed by atoms with Crippen molar-refractivity contribution in [1.82, 2.24) is 0 Å². The van der Waals surface area contributed by atoms with Crippen molar-refractivity contribution in [2.45, 2.75) is 32.3 Å². The smallest absolute Gasteiger partial charge is 0.127 e. The Morgan fingerprint density at radius 2 is 2.24 bits per heavy atom. The van der Waals surface area contributed by atoms with Gasteiger partial charge in [-0.2, -0.15) is 0 Å². The minimum atomic E-state index is -0.536. The zero-order chi connectivity index (χ0) is 12.7. The zero-order valence-corrected chi connectivity index (χ0v) is 10.7. The van der Waals surface area contributed by atoms with Gasteiger partial charge in [-0.25, -0.2) is 4.39 Å². The first-order valence-electron chi connectivity index (χ1n) is 5.83. The van der Waals surface area contributed by atoms with E-state index >= 15 is 0 Å². The maximum absolute atomic E-state index is 13.4. The van der Waals surface area contributed by atoms with Gasteiger partial charge in [0.2, 0.25) is 0 Å². The summed E-state index contributed by atoms with van der Waals surface area (Å²) >= 11 is 5.65. The van der Waals surface area contributed by atoms with Gasteiger partial charge in [-0.05, 0) is 37.5 Å². The van der Waals surface area contributed by atoms with Crippen LogP contribution in [-0.2, 0) is 11.2 Å². The lowest BCUT2D eigenvalue weighted by molar-refractivity contribution is 0.114. The van der Waals surface area contributed by atoms with Crippen LogP contribution in [0.25, 0.3) is 0 Å². The largest absolute Gasteiger partial charge is 0.393 e. The normalized spacial score (nSPS) is 12.7. The first-order chi connectivity index (χ1) is 8.13. The van der Waals surface area contributed by atoms with Gasteiger partial charge in [0.05, 0.1) is 6.10 Å². The Morgan fingerprint density at radius 1 is 1.47 bits per heavy atom. The molecule has 1 aromatic rings. The summed E-state index contributed by atoms with van der Waals surface area (Å²) in [4.78, 5) is 0. The van der Waals surface area contributed by atoms with Gasteiger partial charge in [0.25, 0.3) is 0 Å². The third-order valence-corrected chi connectivity index (χ3v) is 2.74. The van der Waals surface area contributed by atoms with Crippen molar-refractivity contribution in [3.8, 4) is 0 Å². The van der Waals surface area contributed by atoms with Crippen LogP contribution < -0.4 is 0 Å². The molecule has 4 heteroatoms. The summed E-state index contributed by atoms with van der Waals surface area (Å²) in [6.45, 7) is 3.25. The first kappa shape index (κ1) is 14.4. The molecule has 1 unspecified atom stereocenters. The Hall–Kier alpha value is -0.640. The van der Waals surface area contributed by atoms with Crippen LogP contribution in [-0.4, -0.2) is 24.4 Å². The van der Waals surface area contributed by atoms with E-state index in [0.29, 0.717) is 36.6 Å². The molecule has 0 aliphatic carbocycles. The summed E-state index contributed by atoms with van der Waals surface area (Å²) in [5, 5.41) is 10.1. The number of halogens is 2. The topological polar surface area (TPSA) is 29.5 Å². The van der Waals surface area contributed by atoms with Crippen LogP contribution in [0.3, 0.4) is 0 Å². The van der Waals surface area contributed by atoms with Gasteiger partial charge in [0.1, 0.15) is 5.82 Å². The fourth-order valence-corrected chi connectivity index (χ4v) is 1.77. The molecule has 0 amide bonds. The molecule has 0 heterocycles. The van der Waals surface area contributed by atoms with Crippen LogP contribution >= 0.6 is 11.6 Å². The number of hydrogen-bond acceptors (Lipinski definition) is 2. The van der Waals surface area contributed by atoms with E-state index in [1.54, 1.807) is 12.1 Å². The van der Waals surface area contributed by atoms with Crippen LogP contribution in [0, 0.1) is 5.82 Å². The Bertz CT molecular complexity index is 344. The quantitative estimate of drug-likeness (QED) is 0.763. The van der Waals surface area contributed by atoms with Crippen molar-refractivity contribution in [2.24, 2.45) is 0 Å². The SMILES string of the molecule is CCOCCCC(O)Cc1ccc(Cl)cc1F. The molecule has 0 aliphatic heterocycles. The molecule has 1 N–H and O–H groups in total. The summed E-state index contributed by atoms with van der Waals surface area (Å²) in [6, 6.07) is 4.51. The van der Waals surface area contributed by atoms with Crippen LogP contribution in [0.4, 0.5) is 4.39 Å². The summed E-state index contributed by atoms with van der Waals surface area (Å²) in [6.07, 6.45) is 1.17. The fraction of sp³-hybridized carbons (Fsp3) is 0.538. The average molecular weight is 261 g/mol. The highest BCUT2D eigenvalue weighted by Gasteiger charge is 2.09. The van der Waals surface area contributed by atoms with E-state index in [2.05, 4.69) is 0 Å². The molecule has 1 rings (SSSR count). The molecular weight excluding hydrogens is 243 g/mol. The zero-order valence-electron chi connectivity index (χ0n) is 9.96. The number of ether oxygens (including phenoxy) is 1. The van der Waals surface area contributed by atoms with Crippen molar-refractivity contribution >= 4 is 11.6 Å². The van der Waals surface area contributed by atoms with Gasteiger partial charge >= 0.3 is 0 Å². The minimum Gasteiger partial charge on any atom is -0.393 e. The van der Waals surface area contributed by atoms with E-state index < -0.39 is 6.10 Å². The number of aliphatic hydroxyl groups excluding tert-OH is 1. The Balaban J connectivity index is 2.37. The molecule has 96 valence electrons. The van der Waals surface area contributed by atoms with Crippen LogP contribution in [0.1, 0.15) is 25.3 Å². The maximum Gasteiger partial charge on any atom is 0.127 e. The number of benzene rings is 1. The van der Waals surface area contributed by atoms with E-state index in [0.717, 1.165) is 6.42 Å². The minimum absolute atomic E-state index is 0.315. The molecular formula is C13H18ClFO2. The molecule has 0 aliphatic rings. The number of hydrogen-bond donors (Lipinski definition) is 1. The molecule has 0 spiro atoms. The Labute approximate surface area is 106 Å². The highest BCUT2D eigenvalue weighted by Crippen LogP contribution is 2.17. The molecule has 0 aromatic heterocycles. The predicted octanol–water partition coefficient (Wildman–Crippen LogP) is 3.20. The van der Waals surface area contributed by atoms with E-state index in [1.807, 2.05) is 6.92 Å². The van der Waals surface area contributed by atoms with Crippen LogP contribution in [0.15, 0.2) is 18.2 Å². The van der Waals surface area contributed by atoms with Gasteiger partial charge < -0.3 is 9.84 Å². The van der Waals surface area contributed by atoms with Crippen molar-refractivity contribution < 1.29 is 14.2 Å². The van der Waals surface area contributed by atoms with Crippen molar-refractivity contribution in [3.63, 3.8) is 0 Å². The van der Waals surface area contributed by atoms with E-state index in [1.165, 1.54) is 6.07 Å². The van der Waals surface area contributed by atoms with Gasteiger partial charge in [-0.1, -0.05) is 17.7 Å². The molecule has 0 radical (unpaired) electrons. The van der Waals surface area contributed by atoms with Crippen LogP contribution in [0.2, 0.25) is 5.02 Å². The van der Waals surface area contributed by atoms with Gasteiger partial charge in [-0.3, -0.25) is 0 Å². The maximum atomic E-state index is 13.4. The molecule has 0 bridgehead atoms. The highest BCUT2D eigenvalue weighted by molar-refractivity contribution is 6.30. The van der Waals surface area contributed by atoms with Crippen molar-refractivity contribution in [3.05, 3.63) is 34.6 Å². The predicted molar refractivity (Wildman–Crippen MR) is 66.8 cm³/mol. The monoisotopic (exact) mass is 260 g/mol. The average Bonchev–Trinajstić information content (AvgIpc) is 2.28. The van der Waals surface area contributed by atoms with Crippen LogP contribution in [0.5, 0.6) is 0 Å². The second kappa shape index (κ2) is 7.64. The lowest BCUT2D eigenvalue weighted by atomic mass is 10.0. The molecule has 0 saturated carbocycles. The lowest BCUT2D eigenvalue weighted by Gasteiger charge is -2.11. The number of rotatable bonds is 7. The summed E-state index contributed by atoms with van der Waals surface area (Å²) in [5.74, 6) is -0.360. The molecule has 0 saturated heterocycles. The van der Waals surface area contributed by atoms with Crippen molar-refractivity contribution in [2.75, 3.05) is 13.2 Å². The summed E-state index contributed by atoms with van der Waals surface area (Å²) in [5.41, 5.74) is 0.498. The Kier molecular flexibility index (Phi) is 6.48. The van der Waals surface area contributed by atoms with E-state index in [4.69, 9.17) is 16.3 Å². The summed E-state index contributed by atoms with van der Waals surface area (Å²) < 4.78 is 18.6. The van der Waals surface area contributed by atoms with E-state index in [9.17, 15) is 9.50 Å². The molecule has 2 nitrogen and oxygen atoms in total. The molecule has 17 heavy (non-hydrogen) atoms. The molecule has 1 aromatic carbocycles. The highest BCUT2D eigenvalue weighted by atomic mass is 35.5.